The van der Waals surface area contributed by atoms with E-state index in [1.54, 1.807) is 39.8 Å². The quantitative estimate of drug-likeness (QED) is 0.0734. The Morgan fingerprint density at radius 3 is 2.19 bits per heavy atom. The summed E-state index contributed by atoms with van der Waals surface area (Å²) in [6.07, 6.45) is 4.36. The molecule has 4 amide bonds. The minimum atomic E-state index is -2.03. The largest absolute Gasteiger partial charge is 0.507 e. The lowest BCUT2D eigenvalue weighted by atomic mass is 9.78. The van der Waals surface area contributed by atoms with Gasteiger partial charge in [0.25, 0.3) is 11.7 Å². The van der Waals surface area contributed by atoms with Crippen molar-refractivity contribution in [2.75, 3.05) is 45.2 Å². The van der Waals surface area contributed by atoms with Crippen molar-refractivity contribution in [1.29, 1.82) is 0 Å². The second kappa shape index (κ2) is 26.3. The predicted octanol–water partition coefficient (Wildman–Crippen LogP) is 5.11. The zero-order valence-electron chi connectivity index (χ0n) is 49.2. The second-order valence-electron chi connectivity index (χ2n) is 23.1. The van der Waals surface area contributed by atoms with Crippen LogP contribution in [-0.4, -0.2) is 143 Å². The molecule has 2 aromatic rings. The Morgan fingerprint density at radius 2 is 1.57 bits per heavy atom. The summed E-state index contributed by atoms with van der Waals surface area (Å²) in [6, 6.07) is -1.22. The number of urea groups is 1. The molecule has 22 nitrogen and oxygen atoms in total. The summed E-state index contributed by atoms with van der Waals surface area (Å²) in [7, 11) is 1.43. The molecule has 10 unspecified atom stereocenters. The maximum Gasteiger partial charge on any atom is 0.325 e. The van der Waals surface area contributed by atoms with Gasteiger partial charge in [0.2, 0.25) is 5.91 Å². The van der Waals surface area contributed by atoms with Gasteiger partial charge in [-0.05, 0) is 45.1 Å². The van der Waals surface area contributed by atoms with Crippen molar-refractivity contribution in [3.05, 3.63) is 58.0 Å². The third-order valence-electron chi connectivity index (χ3n) is 15.8. The van der Waals surface area contributed by atoms with Crippen LogP contribution in [0.3, 0.4) is 0 Å². The van der Waals surface area contributed by atoms with Crippen LogP contribution < -0.4 is 36.7 Å². The van der Waals surface area contributed by atoms with Crippen LogP contribution in [0, 0.1) is 42.4 Å². The van der Waals surface area contributed by atoms with Gasteiger partial charge in [-0.3, -0.25) is 33.8 Å². The van der Waals surface area contributed by atoms with Crippen molar-refractivity contribution in [1.82, 2.24) is 20.9 Å². The lowest BCUT2D eigenvalue weighted by molar-refractivity contribution is -0.165. The summed E-state index contributed by atoms with van der Waals surface area (Å²) < 4.78 is 30.4. The van der Waals surface area contributed by atoms with Crippen molar-refractivity contribution in [3.63, 3.8) is 0 Å². The fraction of sp³-hybridized carbons (Fsp3) is 0.610. The lowest BCUT2D eigenvalue weighted by Crippen LogP contribution is -2.48. The number of phenolic OH excluding ortho intramolecular Hbond substituents is 2. The Morgan fingerprint density at radius 1 is 0.901 bits per heavy atom. The average Bonchev–Trinajstić information content (AvgIpc) is 3.23. The van der Waals surface area contributed by atoms with Crippen LogP contribution in [0.4, 0.5) is 10.5 Å². The third kappa shape index (κ3) is 14.2. The molecule has 81 heavy (non-hydrogen) atoms. The number of piperidine rings is 1. The molecule has 1 saturated heterocycles. The number of ketones is 2. The molecule has 4 heterocycles. The van der Waals surface area contributed by atoms with E-state index in [0.717, 1.165) is 6.54 Å². The van der Waals surface area contributed by atoms with Gasteiger partial charge in [0.1, 0.15) is 46.6 Å². The summed E-state index contributed by atoms with van der Waals surface area (Å²) in [4.78, 5) is 105. The van der Waals surface area contributed by atoms with E-state index in [-0.39, 0.29) is 80.7 Å². The van der Waals surface area contributed by atoms with Gasteiger partial charge in [0, 0.05) is 107 Å². The minimum absolute atomic E-state index is 0.00989. The van der Waals surface area contributed by atoms with Crippen molar-refractivity contribution in [2.24, 2.45) is 45.5 Å². The maximum absolute atomic E-state index is 14.9. The number of nitrogens with one attached hydrogen (secondary N) is 4. The SMILES string of the molecule is COC1C=COC2(C)Oc3c(C)c(O)c4c(O)c(c5c(c4c3C2=O)NC2(CCN(CC(C)C)CC2)N=5)=NC(=O)C(C)=C/C=C\C(C)C(OC(=O)CNC(=O)CCCNC(=O)NC(C(C)=O)C(C)C)C(C)C(O)C(C)C(OC(C)=O)C1C. The van der Waals surface area contributed by atoms with Gasteiger partial charge in [-0.2, -0.15) is 0 Å². The number of likely N-dealkylation sites (tertiary alicyclic amines) is 1. The first-order valence-electron chi connectivity index (χ1n) is 27.9. The normalized spacial score (nSPS) is 26.6. The molecule has 22 heteroatoms. The number of allylic oxidation sites excluding steroid dienone is 2. The smallest absolute Gasteiger partial charge is 0.325 e. The maximum atomic E-state index is 14.9. The highest BCUT2D eigenvalue weighted by atomic mass is 16.7. The van der Waals surface area contributed by atoms with Crippen molar-refractivity contribution < 1.29 is 72.6 Å². The fourth-order valence-electron chi connectivity index (χ4n) is 11.3. The highest BCUT2D eigenvalue weighted by Gasteiger charge is 2.51. The number of esters is 2. The zero-order chi connectivity index (χ0) is 60.0. The molecule has 0 saturated carbocycles. The van der Waals surface area contributed by atoms with Crippen LogP contribution in [0.5, 0.6) is 17.2 Å². The van der Waals surface area contributed by atoms with E-state index in [1.165, 1.54) is 60.1 Å². The van der Waals surface area contributed by atoms with Crippen molar-refractivity contribution in [3.8, 4) is 17.2 Å². The van der Waals surface area contributed by atoms with Gasteiger partial charge in [0.05, 0.1) is 41.1 Å². The first-order chi connectivity index (χ1) is 38.0. The summed E-state index contributed by atoms with van der Waals surface area (Å²) >= 11 is 0. The summed E-state index contributed by atoms with van der Waals surface area (Å²) in [6.45, 7) is 23.6. The van der Waals surface area contributed by atoms with Crippen LogP contribution in [0.1, 0.15) is 125 Å². The zero-order valence-corrected chi connectivity index (χ0v) is 49.2. The van der Waals surface area contributed by atoms with E-state index in [2.05, 4.69) is 45.0 Å². The number of carbonyl (C=O) groups is 7. The number of methoxy groups -OCH3 is 1. The third-order valence-corrected chi connectivity index (χ3v) is 15.8. The van der Waals surface area contributed by atoms with Gasteiger partial charge < -0.3 is 65.2 Å². The Bertz CT molecular complexity index is 2980. The second-order valence-corrected chi connectivity index (χ2v) is 23.1. The molecule has 7 N–H and O–H groups in total. The Balaban J connectivity index is 1.38. The summed E-state index contributed by atoms with van der Waals surface area (Å²) in [5.74, 6) is -9.39. The Hall–Kier alpha value is -6.91. The van der Waals surface area contributed by atoms with Gasteiger partial charge in [-0.25, -0.2) is 9.79 Å². The Kier molecular flexibility index (Phi) is 20.6. The van der Waals surface area contributed by atoms with E-state index < -0.39 is 119 Å². The molecule has 4 aliphatic rings. The number of benzene rings is 2. The number of aromatic hydroxyl groups is 2. The number of carbonyl (C=O) groups excluding carboxylic acids is 7. The predicted molar refractivity (Wildman–Crippen MR) is 300 cm³/mol. The lowest BCUT2D eigenvalue weighted by Gasteiger charge is -2.39. The summed E-state index contributed by atoms with van der Waals surface area (Å²) in [5, 5.41) is 47.7. The number of ether oxygens (including phenoxy) is 5. The van der Waals surface area contributed by atoms with Gasteiger partial charge in [-0.15, -0.1) is 0 Å². The molecule has 0 radical (unpaired) electrons. The van der Waals surface area contributed by atoms with Crippen LogP contribution in [0.25, 0.3) is 10.8 Å². The Labute approximate surface area is 473 Å². The monoisotopic (exact) mass is 1130 g/mol. The topological polar surface area (TPSA) is 302 Å². The molecule has 2 aromatic carbocycles. The number of nitrogens with zero attached hydrogens (tertiary/aromatic N) is 3. The van der Waals surface area contributed by atoms with E-state index in [9.17, 15) is 48.9 Å². The van der Waals surface area contributed by atoms with Gasteiger partial charge in [-0.1, -0.05) is 73.6 Å². The fourth-order valence-corrected chi connectivity index (χ4v) is 11.3. The van der Waals surface area contributed by atoms with E-state index in [0.29, 0.717) is 31.8 Å². The number of hydrogen-bond donors (Lipinski definition) is 7. The van der Waals surface area contributed by atoms with Crippen LogP contribution in [0.15, 0.2) is 46.1 Å². The number of anilines is 1. The molecular weight excluding hydrogens is 1050 g/mol. The molecule has 6 rings (SSSR count). The molecule has 10 atom stereocenters. The molecule has 4 bridgehead atoms. The molecule has 4 aliphatic heterocycles. The van der Waals surface area contributed by atoms with Gasteiger partial charge in [0.15, 0.2) is 11.5 Å². The number of fused-ring (bicyclic) bond motifs is 1. The minimum Gasteiger partial charge on any atom is -0.507 e. The number of rotatable bonds is 14. The van der Waals surface area contributed by atoms with E-state index in [1.807, 2.05) is 13.8 Å². The number of phenols is 2. The number of aliphatic hydroxyl groups is 1. The standard InChI is InChI=1S/C59H83N7O15/c1-29(2)28-66-24-21-59(22-25-66)64-46-42-43-50(72)36(10)54-44(42)55(74)58(13,81-54)78-26-20-39(77-14)33(7)53(79-38(12)68)35(9)49(71)34(8)52(31(5)17-15-18-32(6)56(75)62-48(51(43)73)47(46)65-59)80-41(70)27-61-40(69)19-16-23-60-57(76)63-45(30(3)4)37(11)67/h15,17-18,20,26,29-31,33-35,39,45,49,52-53,64,71-73H,16,19,21-25,27-28H2,1-14H3,(H,61,69)(H2,60,63,76)/b17-15-,26-20?,32-18?,62-48?. The highest BCUT2D eigenvalue weighted by Crippen LogP contribution is 2.51. The van der Waals surface area contributed by atoms with Crippen LogP contribution in [0.2, 0.25) is 0 Å². The first-order valence-corrected chi connectivity index (χ1v) is 27.9. The number of amides is 4. The molecule has 1 fully saturated rings. The highest BCUT2D eigenvalue weighted by molar-refractivity contribution is 6.21. The van der Waals surface area contributed by atoms with Crippen LogP contribution in [-0.2, 0) is 42.9 Å². The van der Waals surface area contributed by atoms with Gasteiger partial charge >= 0.3 is 23.8 Å². The molecule has 444 valence electrons. The average molecular weight is 1130 g/mol. The van der Waals surface area contributed by atoms with Crippen molar-refractivity contribution >= 4 is 57.8 Å². The molecule has 0 aliphatic carbocycles. The molecular formula is C59H83N7O15. The number of Topliss-reactive ketones (excluding diaryl/α,β-unsaturated/α-hetero) is 2. The van der Waals surface area contributed by atoms with Crippen LogP contribution >= 0.6 is 0 Å². The molecule has 0 aromatic heterocycles. The van der Waals surface area contributed by atoms with E-state index in [4.69, 9.17) is 28.7 Å². The first kappa shape index (κ1) is 63.3. The van der Waals surface area contributed by atoms with E-state index >= 15 is 0 Å². The number of hydrogen-bond acceptors (Lipinski definition) is 18. The molecule has 1 spiro atoms. The van der Waals surface area contributed by atoms with Crippen molar-refractivity contribution in [2.45, 2.75) is 158 Å². The number of aliphatic hydroxyl groups excluding tert-OH is 1. The summed E-state index contributed by atoms with van der Waals surface area (Å²) in [5.41, 5.74) is -0.416.